The SMILES string of the molecule is CC(N)CCC(=O)N1CC(C)OC(c2ccc(F)cc2)C1.Cl. The van der Waals surface area contributed by atoms with Gasteiger partial charge in [-0.2, -0.15) is 0 Å². The van der Waals surface area contributed by atoms with Gasteiger partial charge in [-0.05, 0) is 38.0 Å². The van der Waals surface area contributed by atoms with E-state index >= 15 is 0 Å². The Balaban J connectivity index is 0.00000242. The van der Waals surface area contributed by atoms with Crippen LogP contribution in [0.3, 0.4) is 0 Å². The first-order valence-corrected chi connectivity index (χ1v) is 7.40. The zero-order valence-corrected chi connectivity index (χ0v) is 13.8. The molecule has 2 rings (SSSR count). The minimum atomic E-state index is -0.271. The lowest BCUT2D eigenvalue weighted by atomic mass is 10.1. The first-order valence-electron chi connectivity index (χ1n) is 7.40. The Hall–Kier alpha value is -1.17. The van der Waals surface area contributed by atoms with Crippen molar-refractivity contribution >= 4 is 18.3 Å². The molecule has 1 amide bonds. The lowest BCUT2D eigenvalue weighted by Crippen LogP contribution is -2.46. The molecule has 0 bridgehead atoms. The Morgan fingerprint density at radius 1 is 1.41 bits per heavy atom. The van der Waals surface area contributed by atoms with E-state index in [1.54, 1.807) is 12.1 Å². The van der Waals surface area contributed by atoms with Gasteiger partial charge >= 0.3 is 0 Å². The Kier molecular flexibility index (Phi) is 7.26. The first kappa shape index (κ1) is 18.9. The standard InChI is InChI=1S/C16H23FN2O2.ClH/c1-11(18)3-8-16(20)19-9-12(2)21-15(10-19)13-4-6-14(17)7-5-13;/h4-7,11-12,15H,3,8-10,18H2,1-2H3;1H. The van der Waals surface area contributed by atoms with Crippen LogP contribution >= 0.6 is 12.4 Å². The molecule has 1 aromatic rings. The zero-order chi connectivity index (χ0) is 15.4. The molecule has 6 heteroatoms. The highest BCUT2D eigenvalue weighted by molar-refractivity contribution is 5.85. The number of morpholine rings is 1. The predicted octanol–water partition coefficient (Wildman–Crippen LogP) is 2.66. The smallest absolute Gasteiger partial charge is 0.222 e. The van der Waals surface area contributed by atoms with E-state index in [9.17, 15) is 9.18 Å². The van der Waals surface area contributed by atoms with Crippen LogP contribution in [0.15, 0.2) is 24.3 Å². The Labute approximate surface area is 137 Å². The molecule has 0 spiro atoms. The predicted molar refractivity (Wildman–Crippen MR) is 86.4 cm³/mol. The fraction of sp³-hybridized carbons (Fsp3) is 0.562. The number of benzene rings is 1. The number of ether oxygens (including phenoxy) is 1. The van der Waals surface area contributed by atoms with Crippen molar-refractivity contribution < 1.29 is 13.9 Å². The summed E-state index contributed by atoms with van der Waals surface area (Å²) in [7, 11) is 0. The molecular weight excluding hydrogens is 307 g/mol. The first-order chi connectivity index (χ1) is 9.95. The fourth-order valence-electron chi connectivity index (χ4n) is 2.53. The van der Waals surface area contributed by atoms with Crippen LogP contribution in [0.25, 0.3) is 0 Å². The minimum Gasteiger partial charge on any atom is -0.367 e. The van der Waals surface area contributed by atoms with Gasteiger partial charge < -0.3 is 15.4 Å². The van der Waals surface area contributed by atoms with E-state index in [1.165, 1.54) is 12.1 Å². The summed E-state index contributed by atoms with van der Waals surface area (Å²) in [6.07, 6.45) is 0.911. The largest absolute Gasteiger partial charge is 0.367 e. The van der Waals surface area contributed by atoms with Crippen LogP contribution in [0, 0.1) is 5.82 Å². The molecule has 1 fully saturated rings. The summed E-state index contributed by atoms with van der Waals surface area (Å²) in [5.41, 5.74) is 6.60. The van der Waals surface area contributed by atoms with Crippen LogP contribution in [0.4, 0.5) is 4.39 Å². The molecule has 3 atom stereocenters. The maximum Gasteiger partial charge on any atom is 0.222 e. The van der Waals surface area contributed by atoms with Crippen LogP contribution < -0.4 is 5.73 Å². The van der Waals surface area contributed by atoms with Gasteiger partial charge in [0.2, 0.25) is 5.91 Å². The van der Waals surface area contributed by atoms with Crippen molar-refractivity contribution in [2.24, 2.45) is 5.73 Å². The van der Waals surface area contributed by atoms with Gasteiger partial charge in [0.25, 0.3) is 0 Å². The van der Waals surface area contributed by atoms with E-state index < -0.39 is 0 Å². The molecular formula is C16H24ClFN2O2. The number of nitrogens with zero attached hydrogens (tertiary/aromatic N) is 1. The quantitative estimate of drug-likeness (QED) is 0.923. The Bertz CT molecular complexity index is 482. The van der Waals surface area contributed by atoms with Crippen LogP contribution in [0.5, 0.6) is 0 Å². The van der Waals surface area contributed by atoms with E-state index in [2.05, 4.69) is 0 Å². The van der Waals surface area contributed by atoms with Crippen LogP contribution in [-0.2, 0) is 9.53 Å². The maximum absolute atomic E-state index is 13.0. The van der Waals surface area contributed by atoms with E-state index in [0.29, 0.717) is 25.9 Å². The molecule has 1 aliphatic heterocycles. The summed E-state index contributed by atoms with van der Waals surface area (Å²) in [6, 6.07) is 6.28. The maximum atomic E-state index is 13.0. The van der Waals surface area contributed by atoms with Gasteiger partial charge in [0.15, 0.2) is 0 Å². The average Bonchev–Trinajstić information content (AvgIpc) is 2.44. The second-order valence-electron chi connectivity index (χ2n) is 5.80. The summed E-state index contributed by atoms with van der Waals surface area (Å²) in [5.74, 6) is -0.165. The van der Waals surface area contributed by atoms with E-state index in [4.69, 9.17) is 10.5 Å². The van der Waals surface area contributed by atoms with Crippen LogP contribution in [0.2, 0.25) is 0 Å². The number of carbonyl (C=O) groups is 1. The number of rotatable bonds is 4. The number of amides is 1. The van der Waals surface area contributed by atoms with Gasteiger partial charge in [0, 0.05) is 19.0 Å². The molecule has 3 unspecified atom stereocenters. The highest BCUT2D eigenvalue weighted by Gasteiger charge is 2.29. The molecule has 1 saturated heterocycles. The molecule has 4 nitrogen and oxygen atoms in total. The van der Waals surface area contributed by atoms with Crippen molar-refractivity contribution in [3.05, 3.63) is 35.6 Å². The molecule has 1 aromatic carbocycles. The molecule has 124 valence electrons. The average molecular weight is 331 g/mol. The van der Waals surface area contributed by atoms with Crippen molar-refractivity contribution in [3.63, 3.8) is 0 Å². The van der Waals surface area contributed by atoms with E-state index in [-0.39, 0.29) is 42.4 Å². The Morgan fingerprint density at radius 3 is 2.64 bits per heavy atom. The van der Waals surface area contributed by atoms with Crippen molar-refractivity contribution in [1.82, 2.24) is 4.90 Å². The van der Waals surface area contributed by atoms with Gasteiger partial charge in [-0.25, -0.2) is 4.39 Å². The molecule has 0 aromatic heterocycles. The number of halogens is 2. The minimum absolute atomic E-state index is 0. The summed E-state index contributed by atoms with van der Waals surface area (Å²) in [5, 5.41) is 0. The monoisotopic (exact) mass is 330 g/mol. The van der Waals surface area contributed by atoms with Gasteiger partial charge in [0.1, 0.15) is 11.9 Å². The topological polar surface area (TPSA) is 55.6 Å². The summed E-state index contributed by atoms with van der Waals surface area (Å²) >= 11 is 0. The lowest BCUT2D eigenvalue weighted by Gasteiger charge is -2.37. The molecule has 22 heavy (non-hydrogen) atoms. The summed E-state index contributed by atoms with van der Waals surface area (Å²) in [4.78, 5) is 14.1. The van der Waals surface area contributed by atoms with Crippen molar-refractivity contribution in [2.45, 2.75) is 44.9 Å². The lowest BCUT2D eigenvalue weighted by molar-refractivity contribution is -0.145. The van der Waals surface area contributed by atoms with Gasteiger partial charge in [-0.1, -0.05) is 12.1 Å². The van der Waals surface area contributed by atoms with Crippen molar-refractivity contribution in [3.8, 4) is 0 Å². The van der Waals surface area contributed by atoms with E-state index in [1.807, 2.05) is 18.7 Å². The highest BCUT2D eigenvalue weighted by Crippen LogP contribution is 2.26. The third-order valence-electron chi connectivity index (χ3n) is 3.67. The molecule has 0 saturated carbocycles. The molecule has 2 N–H and O–H groups in total. The summed E-state index contributed by atoms with van der Waals surface area (Å²) < 4.78 is 18.9. The number of hydrogen-bond acceptors (Lipinski definition) is 3. The number of nitrogens with two attached hydrogens (primary N) is 1. The van der Waals surface area contributed by atoms with Crippen LogP contribution in [-0.4, -0.2) is 36.0 Å². The zero-order valence-electron chi connectivity index (χ0n) is 13.0. The van der Waals surface area contributed by atoms with Crippen LogP contribution in [0.1, 0.15) is 38.4 Å². The van der Waals surface area contributed by atoms with Crippen molar-refractivity contribution in [2.75, 3.05) is 13.1 Å². The van der Waals surface area contributed by atoms with Gasteiger partial charge in [0.05, 0.1) is 12.6 Å². The van der Waals surface area contributed by atoms with Crippen molar-refractivity contribution in [1.29, 1.82) is 0 Å². The van der Waals surface area contributed by atoms with Gasteiger partial charge in [-0.3, -0.25) is 4.79 Å². The Morgan fingerprint density at radius 2 is 2.05 bits per heavy atom. The molecule has 1 aliphatic rings. The fourth-order valence-corrected chi connectivity index (χ4v) is 2.53. The third kappa shape index (κ3) is 5.23. The molecule has 0 radical (unpaired) electrons. The van der Waals surface area contributed by atoms with Gasteiger partial charge in [-0.15, -0.1) is 12.4 Å². The highest BCUT2D eigenvalue weighted by atomic mass is 35.5. The number of hydrogen-bond donors (Lipinski definition) is 1. The second kappa shape index (κ2) is 8.46. The van der Waals surface area contributed by atoms with E-state index in [0.717, 1.165) is 5.56 Å². The second-order valence-corrected chi connectivity index (χ2v) is 5.80. The summed E-state index contributed by atoms with van der Waals surface area (Å²) in [6.45, 7) is 4.95. The molecule has 0 aliphatic carbocycles. The normalized spacial score (nSPS) is 22.8. The number of carbonyl (C=O) groups excluding carboxylic acids is 1. The molecule has 1 heterocycles. The third-order valence-corrected chi connectivity index (χ3v) is 3.67.